The van der Waals surface area contributed by atoms with Gasteiger partial charge in [-0.25, -0.2) is 9.97 Å². The maximum atomic E-state index is 5.61. The predicted molar refractivity (Wildman–Crippen MR) is 64.3 cm³/mol. The first-order valence-corrected chi connectivity index (χ1v) is 5.52. The SMILES string of the molecule is COC1=CCC(Cc2ncccn2)(OC)C=C1. The van der Waals surface area contributed by atoms with Crippen LogP contribution in [0, 0.1) is 0 Å². The summed E-state index contributed by atoms with van der Waals surface area (Å²) in [5, 5.41) is 0. The van der Waals surface area contributed by atoms with Crippen LogP contribution in [0.5, 0.6) is 0 Å². The summed E-state index contributed by atoms with van der Waals surface area (Å²) in [6, 6.07) is 1.81. The van der Waals surface area contributed by atoms with Gasteiger partial charge in [0.2, 0.25) is 0 Å². The molecule has 1 heterocycles. The van der Waals surface area contributed by atoms with Crippen molar-refractivity contribution in [2.24, 2.45) is 0 Å². The molecule has 1 atom stereocenters. The molecule has 1 unspecified atom stereocenters. The molecule has 0 bridgehead atoms. The Bertz CT molecular complexity index is 428. The zero-order chi connectivity index (χ0) is 12.1. The molecule has 1 aliphatic rings. The van der Waals surface area contributed by atoms with E-state index in [0.717, 1.165) is 18.0 Å². The van der Waals surface area contributed by atoms with E-state index in [1.807, 2.05) is 24.3 Å². The van der Waals surface area contributed by atoms with Crippen molar-refractivity contribution in [3.8, 4) is 0 Å². The Morgan fingerprint density at radius 3 is 2.59 bits per heavy atom. The van der Waals surface area contributed by atoms with E-state index >= 15 is 0 Å². The van der Waals surface area contributed by atoms with E-state index in [0.29, 0.717) is 6.42 Å². The van der Waals surface area contributed by atoms with Crippen LogP contribution in [0.15, 0.2) is 42.4 Å². The molecule has 0 aromatic carbocycles. The third-order valence-corrected chi connectivity index (χ3v) is 2.92. The zero-order valence-electron chi connectivity index (χ0n) is 10.1. The minimum Gasteiger partial charge on any atom is -0.497 e. The van der Waals surface area contributed by atoms with Crippen LogP contribution in [-0.4, -0.2) is 29.8 Å². The van der Waals surface area contributed by atoms with E-state index in [1.54, 1.807) is 26.6 Å². The van der Waals surface area contributed by atoms with Gasteiger partial charge in [-0.05, 0) is 24.3 Å². The summed E-state index contributed by atoms with van der Waals surface area (Å²) in [6.45, 7) is 0. The van der Waals surface area contributed by atoms with Gasteiger partial charge >= 0.3 is 0 Å². The summed E-state index contributed by atoms with van der Waals surface area (Å²) in [4.78, 5) is 8.46. The number of hydrogen-bond acceptors (Lipinski definition) is 4. The molecule has 4 nitrogen and oxygen atoms in total. The van der Waals surface area contributed by atoms with Gasteiger partial charge in [0.25, 0.3) is 0 Å². The normalized spacial score (nSPS) is 23.3. The highest BCUT2D eigenvalue weighted by Gasteiger charge is 2.29. The number of rotatable bonds is 4. The van der Waals surface area contributed by atoms with Crippen molar-refractivity contribution < 1.29 is 9.47 Å². The molecule has 0 amide bonds. The first kappa shape index (κ1) is 11.8. The summed E-state index contributed by atoms with van der Waals surface area (Å²) in [7, 11) is 3.37. The Labute approximate surface area is 101 Å². The quantitative estimate of drug-likeness (QED) is 0.795. The van der Waals surface area contributed by atoms with Crippen molar-refractivity contribution in [3.05, 3.63) is 48.3 Å². The van der Waals surface area contributed by atoms with Crippen LogP contribution in [0.2, 0.25) is 0 Å². The maximum Gasteiger partial charge on any atom is 0.131 e. The van der Waals surface area contributed by atoms with Crippen LogP contribution < -0.4 is 0 Å². The molecule has 17 heavy (non-hydrogen) atoms. The minimum absolute atomic E-state index is 0.358. The van der Waals surface area contributed by atoms with Gasteiger partial charge in [-0.1, -0.05) is 0 Å². The topological polar surface area (TPSA) is 44.2 Å². The van der Waals surface area contributed by atoms with Gasteiger partial charge in [0, 0.05) is 32.3 Å². The summed E-state index contributed by atoms with van der Waals surface area (Å²) >= 11 is 0. The molecule has 0 saturated carbocycles. The molecule has 0 spiro atoms. The van der Waals surface area contributed by atoms with E-state index in [1.165, 1.54) is 0 Å². The predicted octanol–water partition coefficient (Wildman–Crippen LogP) is 1.89. The highest BCUT2D eigenvalue weighted by Crippen LogP contribution is 2.27. The molecule has 0 aliphatic heterocycles. The number of hydrogen-bond donors (Lipinski definition) is 0. The molecular weight excluding hydrogens is 216 g/mol. The molecule has 0 fully saturated rings. The first-order valence-electron chi connectivity index (χ1n) is 5.52. The number of nitrogens with zero attached hydrogens (tertiary/aromatic N) is 2. The Hall–Kier alpha value is -1.68. The summed E-state index contributed by atoms with van der Waals surface area (Å²) < 4.78 is 10.8. The van der Waals surface area contributed by atoms with Crippen molar-refractivity contribution in [3.63, 3.8) is 0 Å². The van der Waals surface area contributed by atoms with Crippen LogP contribution in [0.25, 0.3) is 0 Å². The molecule has 0 saturated heterocycles. The van der Waals surface area contributed by atoms with Gasteiger partial charge in [-0.2, -0.15) is 0 Å². The van der Waals surface area contributed by atoms with Crippen LogP contribution in [-0.2, 0) is 15.9 Å². The molecule has 1 aromatic heterocycles. The molecule has 4 heteroatoms. The highest BCUT2D eigenvalue weighted by atomic mass is 16.5. The van der Waals surface area contributed by atoms with Gasteiger partial charge in [0.05, 0.1) is 12.7 Å². The summed E-state index contributed by atoms with van der Waals surface area (Å²) in [5.41, 5.74) is -0.358. The third-order valence-electron chi connectivity index (χ3n) is 2.92. The van der Waals surface area contributed by atoms with Crippen molar-refractivity contribution in [1.29, 1.82) is 0 Å². The van der Waals surface area contributed by atoms with Crippen molar-refractivity contribution in [1.82, 2.24) is 9.97 Å². The number of ether oxygens (including phenoxy) is 2. The van der Waals surface area contributed by atoms with E-state index in [9.17, 15) is 0 Å². The Kier molecular flexibility index (Phi) is 3.54. The van der Waals surface area contributed by atoms with Gasteiger partial charge in [0.15, 0.2) is 0 Å². The van der Waals surface area contributed by atoms with Crippen molar-refractivity contribution >= 4 is 0 Å². The number of methoxy groups -OCH3 is 2. The second-order valence-electron chi connectivity index (χ2n) is 3.96. The number of allylic oxidation sites excluding steroid dienone is 1. The van der Waals surface area contributed by atoms with Gasteiger partial charge in [-0.15, -0.1) is 0 Å². The zero-order valence-corrected chi connectivity index (χ0v) is 10.1. The largest absolute Gasteiger partial charge is 0.497 e. The summed E-state index contributed by atoms with van der Waals surface area (Å²) in [6.07, 6.45) is 10.9. The Morgan fingerprint density at radius 1 is 1.29 bits per heavy atom. The molecular formula is C13H16N2O2. The van der Waals surface area contributed by atoms with Crippen LogP contribution in [0.3, 0.4) is 0 Å². The number of aromatic nitrogens is 2. The van der Waals surface area contributed by atoms with Gasteiger partial charge in [-0.3, -0.25) is 0 Å². The van der Waals surface area contributed by atoms with Crippen LogP contribution in [0.1, 0.15) is 12.2 Å². The molecule has 2 rings (SSSR count). The van der Waals surface area contributed by atoms with E-state index < -0.39 is 0 Å². The van der Waals surface area contributed by atoms with E-state index in [4.69, 9.17) is 9.47 Å². The first-order chi connectivity index (χ1) is 8.28. The Morgan fingerprint density at radius 2 is 2.06 bits per heavy atom. The lowest BCUT2D eigenvalue weighted by Gasteiger charge is -2.30. The fraction of sp³-hybridized carbons (Fsp3) is 0.385. The second-order valence-corrected chi connectivity index (χ2v) is 3.96. The summed E-state index contributed by atoms with van der Waals surface area (Å²) in [5.74, 6) is 1.65. The van der Waals surface area contributed by atoms with E-state index in [-0.39, 0.29) is 5.60 Å². The lowest BCUT2D eigenvalue weighted by molar-refractivity contribution is 0.0307. The maximum absolute atomic E-state index is 5.61. The smallest absolute Gasteiger partial charge is 0.131 e. The monoisotopic (exact) mass is 232 g/mol. The lowest BCUT2D eigenvalue weighted by Crippen LogP contribution is -2.33. The average molecular weight is 232 g/mol. The third kappa shape index (κ3) is 2.71. The van der Waals surface area contributed by atoms with Crippen molar-refractivity contribution in [2.75, 3.05) is 14.2 Å². The Balaban J connectivity index is 2.13. The highest BCUT2D eigenvalue weighted by molar-refractivity contribution is 5.25. The molecule has 0 N–H and O–H groups in total. The van der Waals surface area contributed by atoms with Gasteiger partial charge in [0.1, 0.15) is 11.6 Å². The average Bonchev–Trinajstić information content (AvgIpc) is 2.41. The lowest BCUT2D eigenvalue weighted by atomic mass is 9.90. The fourth-order valence-electron chi connectivity index (χ4n) is 1.84. The molecule has 0 radical (unpaired) electrons. The van der Waals surface area contributed by atoms with Crippen molar-refractivity contribution in [2.45, 2.75) is 18.4 Å². The van der Waals surface area contributed by atoms with Crippen LogP contribution in [0.4, 0.5) is 0 Å². The minimum atomic E-state index is -0.358. The van der Waals surface area contributed by atoms with E-state index in [2.05, 4.69) is 9.97 Å². The molecule has 1 aromatic rings. The second kappa shape index (κ2) is 5.10. The standard InChI is InChI=1S/C13H16N2O2/c1-16-11-4-6-13(17-2,7-5-11)10-12-14-8-3-9-15-12/h3-6,8-9H,7,10H2,1-2H3. The molecule has 1 aliphatic carbocycles. The molecule has 90 valence electrons. The fourth-order valence-corrected chi connectivity index (χ4v) is 1.84. The van der Waals surface area contributed by atoms with Gasteiger partial charge < -0.3 is 9.47 Å². The van der Waals surface area contributed by atoms with Crippen LogP contribution >= 0.6 is 0 Å².